The molecule has 0 aliphatic rings. The van der Waals surface area contributed by atoms with Crippen LogP contribution >= 0.6 is 0 Å². The summed E-state index contributed by atoms with van der Waals surface area (Å²) in [7, 11) is 1.65. The number of rotatable bonds is 7. The zero-order valence-electron chi connectivity index (χ0n) is 20.2. The molecule has 176 valence electrons. The normalized spacial score (nSPS) is 12.2. The van der Waals surface area contributed by atoms with Gasteiger partial charge in [0.1, 0.15) is 6.10 Å². The average molecular weight is 469 g/mol. The number of ether oxygens (including phenoxy) is 1. The molecule has 5 rings (SSSR count). The van der Waals surface area contributed by atoms with Crippen LogP contribution in [-0.2, 0) is 4.74 Å². The minimum absolute atomic E-state index is 0.769. The monoisotopic (exact) mass is 468 g/mol. The molecule has 0 fully saturated rings. The summed E-state index contributed by atoms with van der Waals surface area (Å²) in [6.07, 6.45) is 0.983. The van der Waals surface area contributed by atoms with Gasteiger partial charge in [0.25, 0.3) is 0 Å². The summed E-state index contributed by atoms with van der Waals surface area (Å²) in [5, 5.41) is 11.4. The second-order valence-electron chi connectivity index (χ2n) is 8.69. The maximum atomic E-state index is 11.4. The predicted molar refractivity (Wildman–Crippen MR) is 148 cm³/mol. The highest BCUT2D eigenvalue weighted by molar-refractivity contribution is 5.82. The third-order valence-corrected chi connectivity index (χ3v) is 6.42. The van der Waals surface area contributed by atoms with E-state index in [1.165, 1.54) is 5.56 Å². The molecule has 0 aliphatic carbocycles. The highest BCUT2D eigenvalue weighted by Gasteiger charge is 2.18. The lowest BCUT2D eigenvalue weighted by atomic mass is 9.89. The molecule has 5 aromatic carbocycles. The fourth-order valence-electron chi connectivity index (χ4n) is 4.53. The summed E-state index contributed by atoms with van der Waals surface area (Å²) < 4.78 is 5.49. The van der Waals surface area contributed by atoms with Gasteiger partial charge in [-0.3, -0.25) is 0 Å². The Morgan fingerprint density at radius 1 is 0.583 bits per heavy atom. The minimum Gasteiger partial charge on any atom is -0.504 e. The van der Waals surface area contributed by atoms with Gasteiger partial charge in [0.05, 0.1) is 13.4 Å². The van der Waals surface area contributed by atoms with Crippen molar-refractivity contribution in [3.63, 3.8) is 0 Å². The fraction of sp³-hybridized carbons (Fsp3) is 0.0588. The van der Waals surface area contributed by atoms with Crippen LogP contribution in [0, 0.1) is 0 Å². The van der Waals surface area contributed by atoms with Gasteiger partial charge in [-0.1, -0.05) is 133 Å². The molecule has 0 bridgehead atoms. The van der Waals surface area contributed by atoms with E-state index in [4.69, 9.17) is 4.74 Å². The molecule has 0 saturated heterocycles. The molecule has 2 heteroatoms. The van der Waals surface area contributed by atoms with Crippen molar-refractivity contribution in [1.29, 1.82) is 0 Å². The second kappa shape index (κ2) is 10.9. The van der Waals surface area contributed by atoms with Gasteiger partial charge in [0, 0.05) is 5.57 Å². The Hall–Kier alpha value is -4.40. The van der Waals surface area contributed by atoms with E-state index in [0.29, 0.717) is 0 Å². The maximum absolute atomic E-state index is 11.4. The van der Waals surface area contributed by atoms with Crippen molar-refractivity contribution in [2.24, 2.45) is 0 Å². The molecule has 0 aromatic heterocycles. The van der Waals surface area contributed by atoms with E-state index in [0.717, 1.165) is 44.5 Å². The molecule has 1 unspecified atom stereocenters. The van der Waals surface area contributed by atoms with Crippen LogP contribution in [0.4, 0.5) is 0 Å². The van der Waals surface area contributed by atoms with Crippen molar-refractivity contribution in [3.8, 4) is 22.3 Å². The summed E-state index contributed by atoms with van der Waals surface area (Å²) in [6, 6.07) is 45.1. The molecular weight excluding hydrogens is 440 g/mol. The highest BCUT2D eigenvalue weighted by Crippen LogP contribution is 2.34. The van der Waals surface area contributed by atoms with Gasteiger partial charge in [-0.2, -0.15) is 0 Å². The first-order chi connectivity index (χ1) is 17.7. The Morgan fingerprint density at radius 3 is 1.61 bits per heavy atom. The van der Waals surface area contributed by atoms with Gasteiger partial charge in [0.2, 0.25) is 0 Å². The van der Waals surface area contributed by atoms with Crippen LogP contribution in [0.3, 0.4) is 0 Å². The van der Waals surface area contributed by atoms with Gasteiger partial charge >= 0.3 is 0 Å². The number of hydrogen-bond donors (Lipinski definition) is 1. The van der Waals surface area contributed by atoms with Gasteiger partial charge in [-0.25, -0.2) is 0 Å². The van der Waals surface area contributed by atoms with Crippen molar-refractivity contribution < 1.29 is 9.84 Å². The summed E-state index contributed by atoms with van der Waals surface area (Å²) >= 11 is 0. The lowest BCUT2D eigenvalue weighted by Gasteiger charge is -2.19. The summed E-state index contributed by atoms with van der Waals surface area (Å²) in [4.78, 5) is 0. The van der Waals surface area contributed by atoms with E-state index in [9.17, 15) is 5.11 Å². The number of hydrogen-bond acceptors (Lipinski definition) is 2. The van der Waals surface area contributed by atoms with E-state index in [-0.39, 0.29) is 0 Å². The molecular formula is C34H28O2. The summed E-state index contributed by atoms with van der Waals surface area (Å²) in [5.74, 6) is 0. The molecule has 5 aromatic rings. The quantitative estimate of drug-likeness (QED) is 0.244. The first kappa shape index (κ1) is 23.3. The molecule has 36 heavy (non-hydrogen) atoms. The smallest absolute Gasteiger partial charge is 0.105 e. The Morgan fingerprint density at radius 2 is 1.06 bits per heavy atom. The van der Waals surface area contributed by atoms with Crippen molar-refractivity contribution in [1.82, 2.24) is 0 Å². The van der Waals surface area contributed by atoms with Crippen LogP contribution in [0.15, 0.2) is 140 Å². The molecule has 0 saturated carbocycles. The Bertz CT molecular complexity index is 1440. The lowest BCUT2D eigenvalue weighted by molar-refractivity contribution is 0.220. The van der Waals surface area contributed by atoms with Crippen LogP contribution < -0.4 is 0 Å². The standard InChI is InChI=1S/C34H28O2/c1-36-24-33(29-20-16-27(17-21-29)25-10-4-2-5-11-25)31-14-8-9-15-32(31)34(35)30-22-18-28(19-23-30)26-12-6-3-7-13-26/h2-24,34-35H,1H3/b33-24+. The maximum Gasteiger partial charge on any atom is 0.105 e. The topological polar surface area (TPSA) is 29.5 Å². The molecule has 2 nitrogen and oxygen atoms in total. The zero-order valence-corrected chi connectivity index (χ0v) is 20.2. The van der Waals surface area contributed by atoms with Gasteiger partial charge < -0.3 is 9.84 Å². The van der Waals surface area contributed by atoms with E-state index < -0.39 is 6.10 Å². The van der Waals surface area contributed by atoms with Crippen molar-refractivity contribution in [3.05, 3.63) is 162 Å². The van der Waals surface area contributed by atoms with E-state index in [1.807, 2.05) is 72.8 Å². The van der Waals surface area contributed by atoms with E-state index in [1.54, 1.807) is 13.4 Å². The fourth-order valence-corrected chi connectivity index (χ4v) is 4.53. The molecule has 0 spiro atoms. The number of aliphatic hydroxyl groups is 1. The molecule has 0 radical (unpaired) electrons. The van der Waals surface area contributed by atoms with Crippen LogP contribution in [0.25, 0.3) is 27.8 Å². The molecule has 0 heterocycles. The third kappa shape index (κ3) is 5.00. The van der Waals surface area contributed by atoms with Crippen LogP contribution in [0.2, 0.25) is 0 Å². The first-order valence-corrected chi connectivity index (χ1v) is 12.1. The average Bonchev–Trinajstić information content (AvgIpc) is 2.97. The Labute approximate surface area is 212 Å². The molecule has 0 amide bonds. The first-order valence-electron chi connectivity index (χ1n) is 12.1. The molecule has 0 aliphatic heterocycles. The number of aliphatic hydroxyl groups excluding tert-OH is 1. The summed E-state index contributed by atoms with van der Waals surface area (Å²) in [6.45, 7) is 0. The van der Waals surface area contributed by atoms with E-state index >= 15 is 0 Å². The van der Waals surface area contributed by atoms with Crippen LogP contribution in [0.5, 0.6) is 0 Å². The second-order valence-corrected chi connectivity index (χ2v) is 8.69. The van der Waals surface area contributed by atoms with Crippen LogP contribution in [-0.4, -0.2) is 12.2 Å². The zero-order chi connectivity index (χ0) is 24.7. The van der Waals surface area contributed by atoms with E-state index in [2.05, 4.69) is 60.7 Å². The largest absolute Gasteiger partial charge is 0.504 e. The molecule has 1 atom stereocenters. The van der Waals surface area contributed by atoms with Gasteiger partial charge in [0.15, 0.2) is 0 Å². The SMILES string of the molecule is CO/C=C(\c1ccc(-c2ccccc2)cc1)c1ccccc1C(O)c1ccc(-c2ccccc2)cc1. The van der Waals surface area contributed by atoms with Crippen LogP contribution in [0.1, 0.15) is 28.4 Å². The summed E-state index contributed by atoms with van der Waals surface area (Å²) in [5.41, 5.74) is 9.17. The van der Waals surface area contributed by atoms with Crippen molar-refractivity contribution in [2.75, 3.05) is 7.11 Å². The van der Waals surface area contributed by atoms with Gasteiger partial charge in [-0.05, 0) is 44.5 Å². The number of methoxy groups -OCH3 is 1. The predicted octanol–water partition coefficient (Wildman–Crippen LogP) is 8.14. The highest BCUT2D eigenvalue weighted by atomic mass is 16.5. The third-order valence-electron chi connectivity index (χ3n) is 6.42. The minimum atomic E-state index is -0.769. The lowest BCUT2D eigenvalue weighted by Crippen LogP contribution is -2.04. The van der Waals surface area contributed by atoms with Crippen molar-refractivity contribution >= 4 is 5.57 Å². The molecule has 1 N–H and O–H groups in total. The number of benzene rings is 5. The van der Waals surface area contributed by atoms with Crippen molar-refractivity contribution in [2.45, 2.75) is 6.10 Å². The Balaban J connectivity index is 1.47. The van der Waals surface area contributed by atoms with Gasteiger partial charge in [-0.15, -0.1) is 0 Å². The Kier molecular flexibility index (Phi) is 7.07.